The van der Waals surface area contributed by atoms with Crippen molar-refractivity contribution in [2.24, 2.45) is 5.41 Å². The van der Waals surface area contributed by atoms with Crippen LogP contribution in [-0.4, -0.2) is 79.6 Å². The van der Waals surface area contributed by atoms with Crippen molar-refractivity contribution in [1.29, 1.82) is 0 Å². The number of carbonyl (C=O) groups is 1. The monoisotopic (exact) mass is 646 g/mol. The van der Waals surface area contributed by atoms with Crippen LogP contribution in [0.5, 0.6) is 5.75 Å². The summed E-state index contributed by atoms with van der Waals surface area (Å²) in [5.74, 6) is -6.88. The fourth-order valence-corrected chi connectivity index (χ4v) is 8.42. The summed E-state index contributed by atoms with van der Waals surface area (Å²) in [6.07, 6.45) is -4.98. The number of likely N-dealkylation sites (N-methyl/N-ethyl adjacent to an activating group) is 1. The quantitative estimate of drug-likeness (QED) is 0.291. The maximum Gasteiger partial charge on any atom is 0.312 e. The lowest BCUT2D eigenvalue weighted by Gasteiger charge is -2.40. The highest BCUT2D eigenvalue weighted by Crippen LogP contribution is 2.51. The van der Waals surface area contributed by atoms with Crippen molar-refractivity contribution in [1.82, 2.24) is 4.31 Å². The number of carboxylic acid groups (broad SMARTS) is 1. The Morgan fingerprint density at radius 1 is 1.14 bits per heavy atom. The van der Waals surface area contributed by atoms with Crippen LogP contribution < -0.4 is 9.64 Å². The molecule has 15 heteroatoms. The van der Waals surface area contributed by atoms with Gasteiger partial charge in [0.2, 0.25) is 28.3 Å². The second kappa shape index (κ2) is 11.9. The van der Waals surface area contributed by atoms with E-state index in [1.54, 1.807) is 4.90 Å². The smallest absolute Gasteiger partial charge is 0.312 e. The number of carboxylic acids is 1. The first-order valence-electron chi connectivity index (χ1n) is 13.8. The van der Waals surface area contributed by atoms with Crippen molar-refractivity contribution in [2.45, 2.75) is 111 Å². The molecule has 4 rings (SSSR count). The van der Waals surface area contributed by atoms with E-state index in [1.807, 2.05) is 0 Å². The molecule has 0 spiro atoms. The van der Waals surface area contributed by atoms with Gasteiger partial charge in [0.15, 0.2) is 0 Å². The average molecular weight is 647 g/mol. The van der Waals surface area contributed by atoms with Gasteiger partial charge in [-0.05, 0) is 39.2 Å². The topological polar surface area (TPSA) is 87.2 Å². The molecule has 3 aliphatic rings. The Hall–Kier alpha value is -1.87. The summed E-state index contributed by atoms with van der Waals surface area (Å²) in [5.41, 5.74) is -1.21. The molecule has 0 saturated heterocycles. The molecule has 0 aromatic heterocycles. The van der Waals surface area contributed by atoms with E-state index in [2.05, 4.69) is 0 Å². The van der Waals surface area contributed by atoms with Gasteiger partial charge < -0.3 is 14.7 Å². The molecule has 0 radical (unpaired) electrons. The number of nitrogens with zero attached hydrogens (tertiary/aromatic N) is 2. The lowest BCUT2D eigenvalue weighted by atomic mass is 9.90. The minimum atomic E-state index is -4.32. The van der Waals surface area contributed by atoms with Crippen molar-refractivity contribution in [2.75, 3.05) is 25.1 Å². The second-order valence-corrected chi connectivity index (χ2v) is 15.4. The number of anilines is 1. The number of aliphatic carboxylic acids is 1. The zero-order chi connectivity index (χ0) is 31.3. The van der Waals surface area contributed by atoms with E-state index in [0.717, 1.165) is 16.1 Å². The van der Waals surface area contributed by atoms with Crippen LogP contribution >= 0.6 is 11.8 Å². The second-order valence-electron chi connectivity index (χ2n) is 12.1. The molecule has 1 aromatic carbocycles. The molecule has 1 aromatic rings. The molecule has 2 aliphatic carbocycles. The van der Waals surface area contributed by atoms with Crippen LogP contribution in [0.15, 0.2) is 21.9 Å². The molecule has 42 heavy (non-hydrogen) atoms. The van der Waals surface area contributed by atoms with Crippen LogP contribution in [0, 0.1) is 5.41 Å². The van der Waals surface area contributed by atoms with Crippen LogP contribution in [0.3, 0.4) is 0 Å². The summed E-state index contributed by atoms with van der Waals surface area (Å²) in [6, 6.07) is 1.30. The number of ether oxygens (including phenoxy) is 1. The summed E-state index contributed by atoms with van der Waals surface area (Å²) in [4.78, 5) is 13.4. The molecule has 0 amide bonds. The molecule has 238 valence electrons. The number of thioether (sulfide) groups is 1. The Kier molecular flexibility index (Phi) is 9.36. The molecule has 2 saturated carbocycles. The first-order valence-corrected chi connectivity index (χ1v) is 16.1. The van der Waals surface area contributed by atoms with Gasteiger partial charge in [0.1, 0.15) is 17.3 Å². The number of benzene rings is 1. The van der Waals surface area contributed by atoms with E-state index in [4.69, 9.17) is 4.74 Å². The van der Waals surface area contributed by atoms with Crippen LogP contribution in [-0.2, 0) is 14.8 Å². The zero-order valence-corrected chi connectivity index (χ0v) is 25.2. The summed E-state index contributed by atoms with van der Waals surface area (Å²) in [7, 11) is -3.04. The van der Waals surface area contributed by atoms with Crippen molar-refractivity contribution < 1.29 is 49.4 Å². The van der Waals surface area contributed by atoms with Gasteiger partial charge >= 0.3 is 5.97 Å². The number of hydrogen-bond donors (Lipinski definition) is 1. The van der Waals surface area contributed by atoms with Gasteiger partial charge in [-0.1, -0.05) is 0 Å². The molecule has 1 heterocycles. The van der Waals surface area contributed by atoms with Gasteiger partial charge in [0.05, 0.1) is 16.0 Å². The molecular formula is C27H36F6N2O5S2. The van der Waals surface area contributed by atoms with Crippen molar-refractivity contribution >= 4 is 33.4 Å². The van der Waals surface area contributed by atoms with Crippen LogP contribution in [0.4, 0.5) is 32.0 Å². The minimum absolute atomic E-state index is 0.0126. The Morgan fingerprint density at radius 2 is 1.76 bits per heavy atom. The van der Waals surface area contributed by atoms with Gasteiger partial charge in [-0.2, -0.15) is 4.31 Å². The number of hydrogen-bond acceptors (Lipinski definition) is 6. The fraction of sp³-hybridized carbons (Fsp3) is 0.741. The van der Waals surface area contributed by atoms with Crippen LogP contribution in [0.2, 0.25) is 0 Å². The number of alkyl halides is 6. The predicted molar refractivity (Wildman–Crippen MR) is 146 cm³/mol. The third kappa shape index (κ3) is 7.25. The van der Waals surface area contributed by atoms with E-state index in [-0.39, 0.29) is 48.7 Å². The number of sulfonamides is 1. The largest absolute Gasteiger partial charge is 0.491 e. The predicted octanol–water partition coefficient (Wildman–Crippen LogP) is 6.50. The molecule has 7 nitrogen and oxygen atoms in total. The maximum absolute atomic E-state index is 14.1. The SMILES string of the molecule is CN1C(CCC(F)F)CN(C2CCC(F)(F)CC2)c2cc(SC3CC(F)(F)C3)c(OCC(C)(C)C(=O)O)cc2S1(=O)=O. The highest BCUT2D eigenvalue weighted by Gasteiger charge is 2.47. The van der Waals surface area contributed by atoms with E-state index in [9.17, 15) is 44.7 Å². The Labute approximate surface area is 246 Å². The Morgan fingerprint density at radius 3 is 2.31 bits per heavy atom. The van der Waals surface area contributed by atoms with Gasteiger partial charge in [-0.15, -0.1) is 11.8 Å². The number of rotatable bonds is 10. The molecule has 1 unspecified atom stereocenters. The summed E-state index contributed by atoms with van der Waals surface area (Å²) < 4.78 is 117. The van der Waals surface area contributed by atoms with Gasteiger partial charge in [0.25, 0.3) is 0 Å². The Bertz CT molecular complexity index is 1260. The minimum Gasteiger partial charge on any atom is -0.491 e. The van der Waals surface area contributed by atoms with Crippen LogP contribution in [0.25, 0.3) is 0 Å². The van der Waals surface area contributed by atoms with Crippen molar-refractivity contribution in [3.8, 4) is 5.75 Å². The number of fused-ring (bicyclic) bond motifs is 1. The Balaban J connectivity index is 1.81. The fourth-order valence-electron chi connectivity index (χ4n) is 5.42. The third-order valence-corrected chi connectivity index (χ3v) is 11.5. The third-order valence-electron chi connectivity index (χ3n) is 8.27. The zero-order valence-electron chi connectivity index (χ0n) is 23.6. The van der Waals surface area contributed by atoms with Gasteiger partial charge in [-0.3, -0.25) is 4.79 Å². The summed E-state index contributed by atoms with van der Waals surface area (Å²) >= 11 is 1.06. The molecular weight excluding hydrogens is 610 g/mol. The van der Waals surface area contributed by atoms with E-state index in [1.165, 1.54) is 33.0 Å². The molecule has 1 N–H and O–H groups in total. The number of halogens is 6. The first kappa shape index (κ1) is 33.0. The normalized spacial score (nSPS) is 24.6. The molecule has 2 fully saturated rings. The van der Waals surface area contributed by atoms with Gasteiger partial charge in [0, 0.05) is 69.1 Å². The molecule has 1 aliphatic heterocycles. The van der Waals surface area contributed by atoms with E-state index >= 15 is 0 Å². The van der Waals surface area contributed by atoms with E-state index in [0.29, 0.717) is 4.90 Å². The van der Waals surface area contributed by atoms with Crippen molar-refractivity contribution in [3.63, 3.8) is 0 Å². The lowest BCUT2D eigenvalue weighted by Crippen LogP contribution is -2.47. The summed E-state index contributed by atoms with van der Waals surface area (Å²) in [6.45, 7) is 2.45. The van der Waals surface area contributed by atoms with Gasteiger partial charge in [-0.25, -0.2) is 34.8 Å². The lowest BCUT2D eigenvalue weighted by molar-refractivity contribution is -0.148. The highest BCUT2D eigenvalue weighted by molar-refractivity contribution is 8.00. The van der Waals surface area contributed by atoms with Crippen molar-refractivity contribution in [3.05, 3.63) is 12.1 Å². The van der Waals surface area contributed by atoms with Crippen LogP contribution in [0.1, 0.15) is 65.2 Å². The average Bonchev–Trinajstić information content (AvgIpc) is 2.93. The highest BCUT2D eigenvalue weighted by atomic mass is 32.2. The van der Waals surface area contributed by atoms with E-state index < -0.39 is 89.1 Å². The molecule has 0 bridgehead atoms. The molecule has 1 atom stereocenters. The standard InChI is InChI=1S/C27H36F6N2O5S2/c1-25(2,24(36)37)15-40-20-11-22-19(10-21(20)41-18-12-27(32,33)13-18)35(16-6-8-26(30,31)9-7-16)14-17(4-5-23(28)29)34(3)42(22,38)39/h10-11,16-18,23H,4-9,12-15H2,1-3H3,(H,36,37). The maximum atomic E-state index is 14.1. The first-order chi connectivity index (χ1) is 19.3. The summed E-state index contributed by atoms with van der Waals surface area (Å²) in [5, 5.41) is 9.02.